The van der Waals surface area contributed by atoms with Crippen LogP contribution in [0.1, 0.15) is 44.8 Å². The van der Waals surface area contributed by atoms with Crippen LogP contribution in [0.2, 0.25) is 0 Å². The minimum atomic E-state index is 0.0873. The molecule has 1 amide bonds. The van der Waals surface area contributed by atoms with E-state index in [-0.39, 0.29) is 11.9 Å². The maximum Gasteiger partial charge on any atom is 0.237 e. The molecule has 3 nitrogen and oxygen atoms in total. The van der Waals surface area contributed by atoms with E-state index >= 15 is 0 Å². The molecule has 2 atom stereocenters. The third-order valence-electron chi connectivity index (χ3n) is 5.84. The van der Waals surface area contributed by atoms with Crippen LogP contribution in [0.15, 0.2) is 40.4 Å². The molecule has 3 aromatic heterocycles. The van der Waals surface area contributed by atoms with Crippen LogP contribution < -0.4 is 0 Å². The summed E-state index contributed by atoms with van der Waals surface area (Å²) in [5.41, 5.74) is 2.74. The SMILES string of the molecule is CC1c2ccsc2CCN1CC(=O)N1CCc2sccc2C1c1cccs1. The fraction of sp³-hybridized carbons (Fsp3) is 0.381. The summed E-state index contributed by atoms with van der Waals surface area (Å²) in [6.45, 7) is 4.54. The molecule has 0 saturated carbocycles. The number of hydrogen-bond acceptors (Lipinski definition) is 5. The van der Waals surface area contributed by atoms with Gasteiger partial charge in [-0.3, -0.25) is 9.69 Å². The average molecular weight is 415 g/mol. The molecule has 0 spiro atoms. The first-order valence-corrected chi connectivity index (χ1v) is 12.1. The van der Waals surface area contributed by atoms with Crippen molar-refractivity contribution in [3.8, 4) is 0 Å². The number of thiophene rings is 3. The monoisotopic (exact) mass is 414 g/mol. The van der Waals surface area contributed by atoms with Gasteiger partial charge in [-0.1, -0.05) is 6.07 Å². The van der Waals surface area contributed by atoms with E-state index < -0.39 is 0 Å². The summed E-state index contributed by atoms with van der Waals surface area (Å²) in [6, 6.07) is 9.12. The fourth-order valence-corrected chi connectivity index (χ4v) is 7.10. The molecule has 0 saturated heterocycles. The van der Waals surface area contributed by atoms with Crippen molar-refractivity contribution in [3.05, 3.63) is 66.2 Å². The summed E-state index contributed by atoms with van der Waals surface area (Å²) in [6.07, 6.45) is 2.04. The molecule has 3 aromatic rings. The number of amides is 1. The van der Waals surface area contributed by atoms with Crippen LogP contribution in [0.4, 0.5) is 0 Å². The molecule has 0 aromatic carbocycles. The van der Waals surface area contributed by atoms with Gasteiger partial charge in [-0.25, -0.2) is 0 Å². The zero-order valence-corrected chi connectivity index (χ0v) is 17.7. The van der Waals surface area contributed by atoms with Crippen molar-refractivity contribution in [1.29, 1.82) is 0 Å². The van der Waals surface area contributed by atoms with Gasteiger partial charge in [-0.2, -0.15) is 0 Å². The van der Waals surface area contributed by atoms with E-state index in [1.807, 2.05) is 22.7 Å². The number of rotatable bonds is 3. The Morgan fingerprint density at radius 1 is 1.00 bits per heavy atom. The Kier molecular flexibility index (Phi) is 4.68. The van der Waals surface area contributed by atoms with Gasteiger partial charge >= 0.3 is 0 Å². The minimum Gasteiger partial charge on any atom is -0.329 e. The molecule has 0 radical (unpaired) electrons. The number of nitrogens with zero attached hydrogens (tertiary/aromatic N) is 2. The predicted octanol–water partition coefficient (Wildman–Crippen LogP) is 4.96. The lowest BCUT2D eigenvalue weighted by molar-refractivity contribution is -0.135. The van der Waals surface area contributed by atoms with Crippen LogP contribution >= 0.6 is 34.0 Å². The summed E-state index contributed by atoms with van der Waals surface area (Å²) in [4.78, 5) is 22.1. The van der Waals surface area contributed by atoms with Gasteiger partial charge in [-0.05, 0) is 65.2 Å². The van der Waals surface area contributed by atoms with Crippen molar-refractivity contribution >= 4 is 39.9 Å². The van der Waals surface area contributed by atoms with Gasteiger partial charge in [0, 0.05) is 33.8 Å². The Balaban J connectivity index is 1.40. The van der Waals surface area contributed by atoms with Gasteiger partial charge in [0.25, 0.3) is 0 Å². The lowest BCUT2D eigenvalue weighted by atomic mass is 9.97. The highest BCUT2D eigenvalue weighted by Gasteiger charge is 2.35. The van der Waals surface area contributed by atoms with Gasteiger partial charge in [0.1, 0.15) is 0 Å². The van der Waals surface area contributed by atoms with E-state index in [1.54, 1.807) is 11.3 Å². The first kappa shape index (κ1) is 17.6. The Hall–Kier alpha value is -1.47. The Labute approximate surface area is 171 Å². The second-order valence-electron chi connectivity index (χ2n) is 7.25. The van der Waals surface area contributed by atoms with Crippen LogP contribution in [0.3, 0.4) is 0 Å². The number of carbonyl (C=O) groups excluding carboxylic acids is 1. The largest absolute Gasteiger partial charge is 0.329 e. The summed E-state index contributed by atoms with van der Waals surface area (Å²) in [7, 11) is 0. The number of carbonyl (C=O) groups is 1. The van der Waals surface area contributed by atoms with Crippen LogP contribution in [-0.2, 0) is 17.6 Å². The van der Waals surface area contributed by atoms with Crippen molar-refractivity contribution < 1.29 is 4.79 Å². The highest BCUT2D eigenvalue weighted by Crippen LogP contribution is 2.40. The standard InChI is InChI=1S/C21H22N2OS3/c1-14-15-6-11-26-17(15)4-8-22(14)13-20(24)23-9-5-18-16(7-12-27-18)21(23)19-3-2-10-25-19/h2-3,6-7,10-12,14,21H,4-5,8-9,13H2,1H3. The molecule has 2 aliphatic heterocycles. The molecule has 5 heterocycles. The Bertz CT molecular complexity index is 942. The molecule has 0 N–H and O–H groups in total. The highest BCUT2D eigenvalue weighted by molar-refractivity contribution is 7.11. The molecular formula is C21H22N2OS3. The van der Waals surface area contributed by atoms with Crippen LogP contribution in [0, 0.1) is 0 Å². The zero-order chi connectivity index (χ0) is 18.4. The Morgan fingerprint density at radius 3 is 2.52 bits per heavy atom. The van der Waals surface area contributed by atoms with Gasteiger partial charge < -0.3 is 4.90 Å². The maximum absolute atomic E-state index is 13.4. The lowest BCUT2D eigenvalue weighted by Crippen LogP contribution is -2.46. The summed E-state index contributed by atoms with van der Waals surface area (Å²) >= 11 is 5.43. The first-order chi connectivity index (χ1) is 13.2. The van der Waals surface area contributed by atoms with Crippen molar-refractivity contribution in [3.63, 3.8) is 0 Å². The summed E-state index contributed by atoms with van der Waals surface area (Å²) < 4.78 is 0. The molecule has 2 aliphatic rings. The van der Waals surface area contributed by atoms with Gasteiger partial charge in [0.15, 0.2) is 0 Å². The summed E-state index contributed by atoms with van der Waals surface area (Å²) in [5.74, 6) is 0.260. The summed E-state index contributed by atoms with van der Waals surface area (Å²) in [5, 5.41) is 6.47. The quantitative estimate of drug-likeness (QED) is 0.604. The molecule has 6 heteroatoms. The van der Waals surface area contributed by atoms with Crippen molar-refractivity contribution in [1.82, 2.24) is 9.80 Å². The smallest absolute Gasteiger partial charge is 0.237 e. The molecule has 2 unspecified atom stereocenters. The van der Waals surface area contributed by atoms with Crippen molar-refractivity contribution in [2.45, 2.75) is 31.8 Å². The number of hydrogen-bond donors (Lipinski definition) is 0. The highest BCUT2D eigenvalue weighted by atomic mass is 32.1. The Morgan fingerprint density at radius 2 is 1.74 bits per heavy atom. The topological polar surface area (TPSA) is 23.6 Å². The van der Waals surface area contributed by atoms with Gasteiger partial charge in [0.05, 0.1) is 12.6 Å². The van der Waals surface area contributed by atoms with E-state index in [2.05, 4.69) is 57.1 Å². The van der Waals surface area contributed by atoms with Crippen LogP contribution in [-0.4, -0.2) is 35.3 Å². The van der Waals surface area contributed by atoms with E-state index in [1.165, 1.54) is 25.8 Å². The normalized spacial score (nSPS) is 22.5. The van der Waals surface area contributed by atoms with E-state index in [4.69, 9.17) is 0 Å². The van der Waals surface area contributed by atoms with E-state index in [0.29, 0.717) is 12.6 Å². The third kappa shape index (κ3) is 3.09. The number of fused-ring (bicyclic) bond motifs is 2. The van der Waals surface area contributed by atoms with Crippen LogP contribution in [0.5, 0.6) is 0 Å². The van der Waals surface area contributed by atoms with Gasteiger partial charge in [0.2, 0.25) is 5.91 Å². The average Bonchev–Trinajstić information content (AvgIpc) is 3.43. The van der Waals surface area contributed by atoms with Crippen molar-refractivity contribution in [2.75, 3.05) is 19.6 Å². The van der Waals surface area contributed by atoms with Crippen LogP contribution in [0.25, 0.3) is 0 Å². The molecule has 140 valence electrons. The van der Waals surface area contributed by atoms with Gasteiger partial charge in [-0.15, -0.1) is 34.0 Å². The third-order valence-corrected chi connectivity index (χ3v) is 8.76. The van der Waals surface area contributed by atoms with E-state index in [0.717, 1.165) is 25.9 Å². The molecule has 27 heavy (non-hydrogen) atoms. The van der Waals surface area contributed by atoms with E-state index in [9.17, 15) is 4.79 Å². The molecule has 5 rings (SSSR count). The first-order valence-electron chi connectivity index (χ1n) is 9.42. The maximum atomic E-state index is 13.4. The van der Waals surface area contributed by atoms with Crippen molar-refractivity contribution in [2.24, 2.45) is 0 Å². The molecular weight excluding hydrogens is 392 g/mol. The molecule has 0 fully saturated rings. The fourth-order valence-electron chi connectivity index (χ4n) is 4.38. The molecule has 0 bridgehead atoms. The second-order valence-corrected chi connectivity index (χ2v) is 10.2. The predicted molar refractivity (Wildman–Crippen MR) is 114 cm³/mol. The second kappa shape index (κ2) is 7.17. The minimum absolute atomic E-state index is 0.0873. The zero-order valence-electron chi connectivity index (χ0n) is 15.3. The lowest BCUT2D eigenvalue weighted by Gasteiger charge is -2.39. The molecule has 0 aliphatic carbocycles.